The van der Waals surface area contributed by atoms with Gasteiger partial charge in [-0.25, -0.2) is 0 Å². The number of nitrogens with one attached hydrogen (secondary N) is 1. The first-order valence-electron chi connectivity index (χ1n) is 3.47. The van der Waals surface area contributed by atoms with Gasteiger partial charge in [-0.1, -0.05) is 15.9 Å². The molecule has 2 N–H and O–H groups in total. The predicted molar refractivity (Wildman–Crippen MR) is 46.6 cm³/mol. The van der Waals surface area contributed by atoms with Crippen molar-refractivity contribution in [3.8, 4) is 0 Å². The van der Waals surface area contributed by atoms with Crippen LogP contribution < -0.4 is 5.32 Å². The van der Waals surface area contributed by atoms with E-state index in [1.807, 2.05) is 0 Å². The van der Waals surface area contributed by atoms with Gasteiger partial charge in [-0.3, -0.25) is 4.79 Å². The lowest BCUT2D eigenvalue weighted by Crippen LogP contribution is -2.17. The Hall–Kier alpha value is -0.870. The van der Waals surface area contributed by atoms with Crippen LogP contribution in [0.5, 0.6) is 0 Å². The molecule has 2 rings (SSSR count). The number of hydrogen-bond acceptors (Lipinski definition) is 2. The lowest BCUT2D eigenvalue weighted by Gasteiger charge is -2.01. The molecule has 12 heavy (non-hydrogen) atoms. The second-order valence-electron chi connectivity index (χ2n) is 2.61. The number of amides is 1. The molecule has 1 atom stereocenters. The van der Waals surface area contributed by atoms with E-state index < -0.39 is 6.23 Å². The van der Waals surface area contributed by atoms with E-state index >= 15 is 0 Å². The molecule has 0 spiro atoms. The molecule has 1 aliphatic rings. The fourth-order valence-electron chi connectivity index (χ4n) is 1.25. The molecule has 0 fully saturated rings. The summed E-state index contributed by atoms with van der Waals surface area (Å²) in [5.74, 6) is -0.218. The second kappa shape index (κ2) is 2.57. The van der Waals surface area contributed by atoms with Crippen LogP contribution in [0.2, 0.25) is 0 Å². The van der Waals surface area contributed by atoms with Gasteiger partial charge in [-0.05, 0) is 18.2 Å². The van der Waals surface area contributed by atoms with Crippen molar-refractivity contribution in [2.75, 3.05) is 0 Å². The summed E-state index contributed by atoms with van der Waals surface area (Å²) in [6.45, 7) is 0. The molecule has 1 amide bonds. The zero-order chi connectivity index (χ0) is 8.72. The maximum absolute atomic E-state index is 11.1. The summed E-state index contributed by atoms with van der Waals surface area (Å²) in [4.78, 5) is 11.1. The summed E-state index contributed by atoms with van der Waals surface area (Å²) in [7, 11) is 0. The lowest BCUT2D eigenvalue weighted by atomic mass is 10.1. The van der Waals surface area contributed by atoms with Crippen molar-refractivity contribution in [1.29, 1.82) is 0 Å². The van der Waals surface area contributed by atoms with E-state index in [0.29, 0.717) is 11.1 Å². The Bertz CT molecular complexity index is 351. The van der Waals surface area contributed by atoms with Crippen molar-refractivity contribution >= 4 is 21.8 Å². The second-order valence-corrected chi connectivity index (χ2v) is 3.52. The van der Waals surface area contributed by atoms with E-state index in [1.54, 1.807) is 18.2 Å². The fourth-order valence-corrected chi connectivity index (χ4v) is 1.63. The largest absolute Gasteiger partial charge is 0.369 e. The zero-order valence-corrected chi connectivity index (χ0v) is 7.63. The number of halogens is 1. The Labute approximate surface area is 77.5 Å². The zero-order valence-electron chi connectivity index (χ0n) is 6.04. The van der Waals surface area contributed by atoms with Gasteiger partial charge in [0.15, 0.2) is 6.23 Å². The number of hydrogen-bond donors (Lipinski definition) is 2. The molecule has 0 aromatic heterocycles. The monoisotopic (exact) mass is 227 g/mol. The van der Waals surface area contributed by atoms with Crippen LogP contribution in [0, 0.1) is 0 Å². The van der Waals surface area contributed by atoms with Crippen LogP contribution in [0.25, 0.3) is 0 Å². The summed E-state index contributed by atoms with van der Waals surface area (Å²) in [5, 5.41) is 11.7. The number of benzene rings is 1. The van der Waals surface area contributed by atoms with Crippen LogP contribution in [0.15, 0.2) is 22.7 Å². The van der Waals surface area contributed by atoms with E-state index in [2.05, 4.69) is 21.2 Å². The minimum atomic E-state index is -0.856. The van der Waals surface area contributed by atoms with Crippen LogP contribution in [0.1, 0.15) is 22.1 Å². The summed E-state index contributed by atoms with van der Waals surface area (Å²) in [6, 6.07) is 5.19. The highest BCUT2D eigenvalue weighted by Gasteiger charge is 2.26. The SMILES string of the molecule is O=C1N[C@H](O)c2cc(Br)ccc21. The molecule has 0 saturated carbocycles. The molecular weight excluding hydrogens is 222 g/mol. The highest BCUT2D eigenvalue weighted by Crippen LogP contribution is 2.26. The molecule has 0 radical (unpaired) electrons. The first-order valence-corrected chi connectivity index (χ1v) is 4.26. The molecule has 0 saturated heterocycles. The molecule has 0 unspecified atom stereocenters. The Morgan fingerprint density at radius 2 is 2.25 bits per heavy atom. The number of aliphatic hydroxyl groups is 1. The van der Waals surface area contributed by atoms with Crippen molar-refractivity contribution < 1.29 is 9.90 Å². The number of carbonyl (C=O) groups is 1. The van der Waals surface area contributed by atoms with Crippen molar-refractivity contribution in [3.05, 3.63) is 33.8 Å². The topological polar surface area (TPSA) is 49.3 Å². The number of carbonyl (C=O) groups excluding carboxylic acids is 1. The third kappa shape index (κ3) is 1.04. The first-order chi connectivity index (χ1) is 5.68. The lowest BCUT2D eigenvalue weighted by molar-refractivity contribution is 0.0850. The van der Waals surface area contributed by atoms with Crippen molar-refractivity contribution in [2.45, 2.75) is 6.23 Å². The molecular formula is C8H6BrNO2. The van der Waals surface area contributed by atoms with Crippen LogP contribution in [-0.4, -0.2) is 11.0 Å². The molecule has 1 heterocycles. The predicted octanol–water partition coefficient (Wildman–Crippen LogP) is 1.18. The van der Waals surface area contributed by atoms with Gasteiger partial charge in [0, 0.05) is 15.6 Å². The van der Waals surface area contributed by atoms with E-state index in [9.17, 15) is 9.90 Å². The highest BCUT2D eigenvalue weighted by atomic mass is 79.9. The van der Waals surface area contributed by atoms with Gasteiger partial charge in [0.05, 0.1) is 0 Å². The van der Waals surface area contributed by atoms with Crippen molar-refractivity contribution in [2.24, 2.45) is 0 Å². The summed E-state index contributed by atoms with van der Waals surface area (Å²) in [5.41, 5.74) is 1.18. The fraction of sp³-hybridized carbons (Fsp3) is 0.125. The Kier molecular flexibility index (Phi) is 1.66. The van der Waals surface area contributed by atoms with Gasteiger partial charge in [0.1, 0.15) is 0 Å². The molecule has 4 heteroatoms. The molecule has 1 aromatic rings. The number of rotatable bonds is 0. The van der Waals surface area contributed by atoms with E-state index in [4.69, 9.17) is 0 Å². The van der Waals surface area contributed by atoms with Gasteiger partial charge in [-0.2, -0.15) is 0 Å². The smallest absolute Gasteiger partial charge is 0.253 e. The van der Waals surface area contributed by atoms with E-state index in [-0.39, 0.29) is 5.91 Å². The molecule has 3 nitrogen and oxygen atoms in total. The Morgan fingerprint density at radius 3 is 3.00 bits per heavy atom. The maximum atomic E-state index is 11.1. The average molecular weight is 228 g/mol. The quantitative estimate of drug-likeness (QED) is 0.700. The highest BCUT2D eigenvalue weighted by molar-refractivity contribution is 9.10. The van der Waals surface area contributed by atoms with Gasteiger partial charge in [-0.15, -0.1) is 0 Å². The molecule has 1 aliphatic heterocycles. The summed E-state index contributed by atoms with van der Waals surface area (Å²) in [6.07, 6.45) is -0.856. The van der Waals surface area contributed by atoms with Crippen molar-refractivity contribution in [3.63, 3.8) is 0 Å². The van der Waals surface area contributed by atoms with Gasteiger partial charge < -0.3 is 10.4 Å². The molecule has 1 aromatic carbocycles. The van der Waals surface area contributed by atoms with Crippen LogP contribution in [-0.2, 0) is 0 Å². The molecule has 0 bridgehead atoms. The summed E-state index contributed by atoms with van der Waals surface area (Å²) < 4.78 is 0.858. The molecule has 62 valence electrons. The Morgan fingerprint density at radius 1 is 1.50 bits per heavy atom. The van der Waals surface area contributed by atoms with Crippen LogP contribution in [0.4, 0.5) is 0 Å². The van der Waals surface area contributed by atoms with Gasteiger partial charge in [0.25, 0.3) is 5.91 Å². The van der Waals surface area contributed by atoms with Crippen LogP contribution in [0.3, 0.4) is 0 Å². The van der Waals surface area contributed by atoms with Gasteiger partial charge >= 0.3 is 0 Å². The normalized spacial score (nSPS) is 20.5. The average Bonchev–Trinajstić information content (AvgIpc) is 2.28. The third-order valence-corrected chi connectivity index (χ3v) is 2.31. The van der Waals surface area contributed by atoms with E-state index in [1.165, 1.54) is 0 Å². The van der Waals surface area contributed by atoms with Crippen LogP contribution >= 0.6 is 15.9 Å². The number of aliphatic hydroxyl groups excluding tert-OH is 1. The Balaban J connectivity index is 2.60. The minimum Gasteiger partial charge on any atom is -0.369 e. The maximum Gasteiger partial charge on any atom is 0.253 e. The van der Waals surface area contributed by atoms with Crippen molar-refractivity contribution in [1.82, 2.24) is 5.32 Å². The molecule has 0 aliphatic carbocycles. The number of fused-ring (bicyclic) bond motifs is 1. The standard InChI is InChI=1S/C8H6BrNO2/c9-4-1-2-5-6(3-4)8(12)10-7(5)11/h1-3,8,12H,(H,10,11)/t8-/m1/s1. The minimum absolute atomic E-state index is 0.218. The van der Waals surface area contributed by atoms with E-state index in [0.717, 1.165) is 4.47 Å². The third-order valence-electron chi connectivity index (χ3n) is 1.82. The van der Waals surface area contributed by atoms with Gasteiger partial charge in [0.2, 0.25) is 0 Å². The first kappa shape index (κ1) is 7.76. The summed E-state index contributed by atoms with van der Waals surface area (Å²) >= 11 is 3.26.